The van der Waals surface area contributed by atoms with Crippen molar-refractivity contribution in [3.8, 4) is 0 Å². The molecule has 136 valence electrons. The summed E-state index contributed by atoms with van der Waals surface area (Å²) in [5.74, 6) is 0. The topological polar surface area (TPSA) is 57.4 Å². The predicted octanol–water partition coefficient (Wildman–Crippen LogP) is 1.63. The zero-order valence-electron chi connectivity index (χ0n) is 15.0. The van der Waals surface area contributed by atoms with Crippen LogP contribution in [-0.4, -0.2) is 68.5 Å². The highest BCUT2D eigenvalue weighted by atomic mass is 16.3. The molecule has 0 aliphatic carbocycles. The van der Waals surface area contributed by atoms with Gasteiger partial charge in [-0.05, 0) is 32.0 Å². The summed E-state index contributed by atoms with van der Waals surface area (Å²) in [6, 6.07) is 10.8. The maximum absolute atomic E-state index is 10.6. The van der Waals surface area contributed by atoms with Crippen LogP contribution in [0.4, 0.5) is 0 Å². The molecule has 1 aromatic carbocycles. The average molecular weight is 343 g/mol. The molecule has 1 fully saturated rings. The van der Waals surface area contributed by atoms with E-state index in [9.17, 15) is 5.11 Å². The number of benzene rings is 1. The molecule has 0 spiro atoms. The predicted molar refractivity (Wildman–Crippen MR) is 98.0 cm³/mol. The molecule has 1 N–H and O–H groups in total. The molecule has 2 aromatic rings. The van der Waals surface area contributed by atoms with Gasteiger partial charge in [-0.3, -0.25) is 14.5 Å². The quantitative estimate of drug-likeness (QED) is 0.789. The van der Waals surface area contributed by atoms with Gasteiger partial charge in [0.2, 0.25) is 0 Å². The third-order valence-electron chi connectivity index (χ3n) is 4.88. The molecule has 1 aliphatic rings. The Kier molecular flexibility index (Phi) is 6.55. The molecular formula is C19H29N5O. The SMILES string of the molecule is CN(Cc1ccccc1)C[C@@H](O)CN1CCCC[C@@H]1Cn1cncn1. The van der Waals surface area contributed by atoms with Gasteiger partial charge in [0.25, 0.3) is 0 Å². The second-order valence-electron chi connectivity index (χ2n) is 7.10. The number of hydrogen-bond donors (Lipinski definition) is 1. The molecule has 2 atom stereocenters. The summed E-state index contributed by atoms with van der Waals surface area (Å²) in [7, 11) is 2.07. The van der Waals surface area contributed by atoms with Crippen molar-refractivity contribution in [1.29, 1.82) is 0 Å². The standard InChI is InChI=1S/C19H29N5O/c1-22(11-17-7-3-2-4-8-17)13-19(25)14-23-10-6-5-9-18(23)12-24-16-20-15-21-24/h2-4,7-8,15-16,18-19,25H,5-6,9-14H2,1H3/t18-,19-/m1/s1. The lowest BCUT2D eigenvalue weighted by molar-refractivity contribution is 0.0421. The Morgan fingerprint density at radius 3 is 2.88 bits per heavy atom. The first-order valence-corrected chi connectivity index (χ1v) is 9.17. The number of likely N-dealkylation sites (N-methyl/N-ethyl adjacent to an activating group) is 1. The van der Waals surface area contributed by atoms with Crippen LogP contribution in [0, 0.1) is 0 Å². The summed E-state index contributed by atoms with van der Waals surface area (Å²) in [4.78, 5) is 8.64. The normalized spacial score (nSPS) is 20.0. The van der Waals surface area contributed by atoms with Gasteiger partial charge in [0, 0.05) is 25.7 Å². The molecule has 6 heteroatoms. The van der Waals surface area contributed by atoms with Crippen LogP contribution in [0.5, 0.6) is 0 Å². The number of likely N-dealkylation sites (tertiary alicyclic amines) is 1. The molecule has 2 heterocycles. The maximum atomic E-state index is 10.6. The van der Waals surface area contributed by atoms with Crippen molar-refractivity contribution in [3.63, 3.8) is 0 Å². The Morgan fingerprint density at radius 1 is 1.28 bits per heavy atom. The summed E-state index contributed by atoms with van der Waals surface area (Å²) in [5.41, 5.74) is 1.28. The van der Waals surface area contributed by atoms with Gasteiger partial charge in [-0.1, -0.05) is 36.8 Å². The molecule has 3 rings (SSSR count). The van der Waals surface area contributed by atoms with E-state index in [4.69, 9.17) is 0 Å². The van der Waals surface area contributed by atoms with E-state index in [0.717, 1.165) is 32.6 Å². The number of hydrogen-bond acceptors (Lipinski definition) is 5. The minimum absolute atomic E-state index is 0.343. The first-order valence-electron chi connectivity index (χ1n) is 9.17. The third kappa shape index (κ3) is 5.63. The first kappa shape index (κ1) is 18.0. The number of aliphatic hydroxyl groups excluding tert-OH is 1. The number of aromatic nitrogens is 3. The average Bonchev–Trinajstić information content (AvgIpc) is 3.10. The fourth-order valence-electron chi connectivity index (χ4n) is 3.70. The van der Waals surface area contributed by atoms with Gasteiger partial charge in [0.15, 0.2) is 0 Å². The van der Waals surface area contributed by atoms with Gasteiger partial charge in [-0.25, -0.2) is 4.98 Å². The summed E-state index contributed by atoms with van der Waals surface area (Å²) in [6.07, 6.45) is 6.63. The summed E-state index contributed by atoms with van der Waals surface area (Å²) < 4.78 is 1.90. The van der Waals surface area contributed by atoms with Crippen LogP contribution in [-0.2, 0) is 13.1 Å². The Labute approximate surface area is 150 Å². The van der Waals surface area contributed by atoms with Crippen LogP contribution in [0.15, 0.2) is 43.0 Å². The van der Waals surface area contributed by atoms with Crippen LogP contribution < -0.4 is 0 Å². The molecule has 1 aromatic heterocycles. The van der Waals surface area contributed by atoms with Crippen LogP contribution in [0.1, 0.15) is 24.8 Å². The Bertz CT molecular complexity index is 604. The number of β-amino-alcohol motifs (C(OH)–C–C–N with tert-alkyl or cyclic N) is 1. The molecule has 6 nitrogen and oxygen atoms in total. The molecule has 0 amide bonds. The second kappa shape index (κ2) is 9.08. The molecule has 1 saturated heterocycles. The van der Waals surface area contributed by atoms with Crippen molar-refractivity contribution in [1.82, 2.24) is 24.6 Å². The number of aliphatic hydroxyl groups is 1. The lowest BCUT2D eigenvalue weighted by Gasteiger charge is -2.37. The van der Waals surface area contributed by atoms with Gasteiger partial charge < -0.3 is 5.11 Å². The second-order valence-corrected chi connectivity index (χ2v) is 7.10. The summed E-state index contributed by atoms with van der Waals surface area (Å²) in [5, 5.41) is 14.8. The fourth-order valence-corrected chi connectivity index (χ4v) is 3.70. The minimum Gasteiger partial charge on any atom is -0.390 e. The monoisotopic (exact) mass is 343 g/mol. The molecular weight excluding hydrogens is 314 g/mol. The highest BCUT2D eigenvalue weighted by Gasteiger charge is 2.25. The Hall–Kier alpha value is -1.76. The van der Waals surface area contributed by atoms with Crippen molar-refractivity contribution in [2.45, 2.75) is 44.5 Å². The molecule has 0 bridgehead atoms. The van der Waals surface area contributed by atoms with E-state index in [2.05, 4.69) is 51.2 Å². The molecule has 1 aliphatic heterocycles. The fraction of sp³-hybridized carbons (Fsp3) is 0.579. The highest BCUT2D eigenvalue weighted by Crippen LogP contribution is 2.19. The van der Waals surface area contributed by atoms with Gasteiger partial charge in [-0.2, -0.15) is 5.10 Å². The van der Waals surface area contributed by atoms with Crippen LogP contribution >= 0.6 is 0 Å². The van der Waals surface area contributed by atoms with Crippen molar-refractivity contribution >= 4 is 0 Å². The van der Waals surface area contributed by atoms with Crippen LogP contribution in [0.25, 0.3) is 0 Å². The van der Waals surface area contributed by atoms with E-state index in [0.29, 0.717) is 12.6 Å². The molecule has 0 unspecified atom stereocenters. The van der Waals surface area contributed by atoms with E-state index in [1.54, 1.807) is 12.7 Å². The largest absolute Gasteiger partial charge is 0.390 e. The van der Waals surface area contributed by atoms with Gasteiger partial charge in [0.05, 0.1) is 12.6 Å². The van der Waals surface area contributed by atoms with E-state index < -0.39 is 0 Å². The van der Waals surface area contributed by atoms with Gasteiger partial charge >= 0.3 is 0 Å². The summed E-state index contributed by atoms with van der Waals surface area (Å²) in [6.45, 7) is 4.17. The van der Waals surface area contributed by atoms with Crippen LogP contribution in [0.2, 0.25) is 0 Å². The zero-order chi connectivity index (χ0) is 17.5. The first-order chi connectivity index (χ1) is 12.2. The highest BCUT2D eigenvalue weighted by molar-refractivity contribution is 5.14. The van der Waals surface area contributed by atoms with E-state index in [1.807, 2.05) is 10.7 Å². The zero-order valence-corrected chi connectivity index (χ0v) is 15.0. The molecule has 0 saturated carbocycles. The van der Waals surface area contributed by atoms with Crippen molar-refractivity contribution in [2.24, 2.45) is 0 Å². The van der Waals surface area contributed by atoms with Crippen molar-refractivity contribution in [2.75, 3.05) is 26.7 Å². The smallest absolute Gasteiger partial charge is 0.137 e. The van der Waals surface area contributed by atoms with E-state index in [-0.39, 0.29) is 6.10 Å². The van der Waals surface area contributed by atoms with Gasteiger partial charge in [-0.15, -0.1) is 0 Å². The number of piperidine rings is 1. The van der Waals surface area contributed by atoms with Gasteiger partial charge in [0.1, 0.15) is 12.7 Å². The number of nitrogens with zero attached hydrogens (tertiary/aromatic N) is 5. The number of rotatable bonds is 8. The Morgan fingerprint density at radius 2 is 2.12 bits per heavy atom. The van der Waals surface area contributed by atoms with Crippen molar-refractivity contribution in [3.05, 3.63) is 48.5 Å². The maximum Gasteiger partial charge on any atom is 0.137 e. The molecule has 0 radical (unpaired) electrons. The van der Waals surface area contributed by atoms with E-state index in [1.165, 1.54) is 18.4 Å². The molecule has 25 heavy (non-hydrogen) atoms. The Balaban J connectivity index is 1.48. The summed E-state index contributed by atoms with van der Waals surface area (Å²) >= 11 is 0. The minimum atomic E-state index is -0.343. The van der Waals surface area contributed by atoms with Crippen LogP contribution in [0.3, 0.4) is 0 Å². The van der Waals surface area contributed by atoms with Crippen molar-refractivity contribution < 1.29 is 5.11 Å². The lowest BCUT2D eigenvalue weighted by atomic mass is 10.0. The lowest BCUT2D eigenvalue weighted by Crippen LogP contribution is -2.47. The van der Waals surface area contributed by atoms with E-state index >= 15 is 0 Å². The third-order valence-corrected chi connectivity index (χ3v) is 4.88.